The van der Waals surface area contributed by atoms with Crippen LogP contribution in [0.5, 0.6) is 0 Å². The number of alkyl halides is 3. The zero-order valence-electron chi connectivity index (χ0n) is 12.9. The molecule has 0 fully saturated rings. The minimum Gasteiger partial charge on any atom is -0.321 e. The first kappa shape index (κ1) is 16.8. The van der Waals surface area contributed by atoms with Gasteiger partial charge >= 0.3 is 6.18 Å². The first-order chi connectivity index (χ1) is 10.8. The Morgan fingerprint density at radius 3 is 2.26 bits per heavy atom. The number of hydrogen-bond donors (Lipinski definition) is 2. The number of anilines is 2. The van der Waals surface area contributed by atoms with E-state index in [0.717, 1.165) is 23.4 Å². The summed E-state index contributed by atoms with van der Waals surface area (Å²) in [5.74, 6) is -0.820. The van der Waals surface area contributed by atoms with E-state index in [1.54, 1.807) is 26.0 Å². The number of aromatic amines is 1. The monoisotopic (exact) mass is 324 g/mol. The summed E-state index contributed by atoms with van der Waals surface area (Å²) < 4.78 is 39.6. The van der Waals surface area contributed by atoms with Gasteiger partial charge in [0.2, 0.25) is 0 Å². The summed E-state index contributed by atoms with van der Waals surface area (Å²) in [6.45, 7) is 3.56. The first-order valence-electron chi connectivity index (χ1n) is 6.93. The van der Waals surface area contributed by atoms with Gasteiger partial charge in [0.1, 0.15) is 5.56 Å². The molecule has 4 nitrogen and oxygen atoms in total. The lowest BCUT2D eigenvalue weighted by Crippen LogP contribution is -2.26. The molecule has 0 bridgehead atoms. The van der Waals surface area contributed by atoms with Gasteiger partial charge in [0.25, 0.3) is 11.7 Å². The van der Waals surface area contributed by atoms with Gasteiger partial charge in [-0.3, -0.25) is 10.1 Å². The van der Waals surface area contributed by atoms with Crippen molar-refractivity contribution in [1.29, 1.82) is 0 Å². The Balaban J connectivity index is 2.51. The number of para-hydroxylation sites is 1. The minimum atomic E-state index is -4.63. The maximum atomic E-state index is 13.2. The van der Waals surface area contributed by atoms with E-state index in [1.807, 2.05) is 6.07 Å². The summed E-state index contributed by atoms with van der Waals surface area (Å²) in [6.07, 6.45) is -3.49. The number of carbonyl (C=O) groups excluding carboxylic acids is 1. The number of benzene rings is 1. The van der Waals surface area contributed by atoms with Gasteiger partial charge in [-0.25, -0.2) is 4.98 Å². The second-order valence-electron chi connectivity index (χ2n) is 5.11. The fourth-order valence-corrected chi connectivity index (χ4v) is 2.36. The lowest BCUT2D eigenvalue weighted by molar-refractivity contribution is -0.361. The van der Waals surface area contributed by atoms with Gasteiger partial charge in [-0.2, -0.15) is 13.2 Å². The lowest BCUT2D eigenvalue weighted by Gasteiger charge is -2.15. The molecule has 1 amide bonds. The van der Waals surface area contributed by atoms with Crippen LogP contribution in [-0.2, 0) is 6.18 Å². The molecule has 7 heteroatoms. The summed E-state index contributed by atoms with van der Waals surface area (Å²) in [4.78, 5) is 15.1. The molecule has 1 aromatic heterocycles. The number of halogens is 3. The molecule has 0 spiro atoms. The van der Waals surface area contributed by atoms with Crippen LogP contribution in [0, 0.1) is 13.8 Å². The Bertz CT molecular complexity index is 722. The summed E-state index contributed by atoms with van der Waals surface area (Å²) in [5.41, 5.74) is 0.599. The number of pyridine rings is 1. The Morgan fingerprint density at radius 1 is 1.13 bits per heavy atom. The molecule has 0 aliphatic heterocycles. The molecule has 2 rings (SSSR count). The first-order valence-corrected chi connectivity index (χ1v) is 6.93. The van der Waals surface area contributed by atoms with Crippen LogP contribution >= 0.6 is 0 Å². The zero-order chi connectivity index (χ0) is 17.2. The SMILES string of the molecule is CNc1[nH+]ccc(C(F)(F)F)c1C(=O)Nc1c(C)cccc1C. The van der Waals surface area contributed by atoms with Gasteiger partial charge in [-0.05, 0) is 31.0 Å². The Hall–Kier alpha value is -2.57. The third-order valence-corrected chi connectivity index (χ3v) is 3.50. The molecule has 0 aliphatic rings. The predicted octanol–water partition coefficient (Wildman–Crippen LogP) is 3.43. The highest BCUT2D eigenvalue weighted by molar-refractivity contribution is 6.08. The fourth-order valence-electron chi connectivity index (χ4n) is 2.36. The van der Waals surface area contributed by atoms with Crippen LogP contribution in [0.15, 0.2) is 30.5 Å². The maximum Gasteiger partial charge on any atom is 0.417 e. The van der Waals surface area contributed by atoms with Crippen molar-refractivity contribution in [3.63, 3.8) is 0 Å². The quantitative estimate of drug-likeness (QED) is 0.909. The topological polar surface area (TPSA) is 55.3 Å². The molecular formula is C16H17F3N3O+. The molecule has 0 aliphatic carbocycles. The Morgan fingerprint density at radius 2 is 1.74 bits per heavy atom. The van der Waals surface area contributed by atoms with E-state index in [9.17, 15) is 18.0 Å². The molecule has 0 radical (unpaired) electrons. The molecule has 0 unspecified atom stereocenters. The standard InChI is InChI=1S/C16H16F3N3O/c1-9-5-4-6-10(2)13(9)22-15(23)12-11(16(17,18)19)7-8-21-14(12)20-3/h4-8H,1-3H3,(H,20,21)(H,22,23)/p+1. The molecule has 3 N–H and O–H groups in total. The molecule has 1 heterocycles. The Labute approximate surface area is 131 Å². The smallest absolute Gasteiger partial charge is 0.321 e. The van der Waals surface area contributed by atoms with Crippen molar-refractivity contribution < 1.29 is 22.9 Å². The second kappa shape index (κ2) is 6.28. The van der Waals surface area contributed by atoms with Crippen LogP contribution in [0.3, 0.4) is 0 Å². The van der Waals surface area contributed by atoms with Crippen molar-refractivity contribution >= 4 is 17.4 Å². The van der Waals surface area contributed by atoms with Gasteiger partial charge < -0.3 is 5.32 Å². The van der Waals surface area contributed by atoms with Crippen molar-refractivity contribution in [3.8, 4) is 0 Å². The summed E-state index contributed by atoms with van der Waals surface area (Å²) in [5, 5.41) is 5.17. The molecular weight excluding hydrogens is 307 g/mol. The van der Waals surface area contributed by atoms with Gasteiger partial charge in [-0.15, -0.1) is 0 Å². The zero-order valence-corrected chi connectivity index (χ0v) is 12.9. The van der Waals surface area contributed by atoms with Crippen molar-refractivity contribution in [2.45, 2.75) is 20.0 Å². The van der Waals surface area contributed by atoms with E-state index in [1.165, 1.54) is 7.05 Å². The van der Waals surface area contributed by atoms with Crippen molar-refractivity contribution in [2.75, 3.05) is 17.7 Å². The van der Waals surface area contributed by atoms with E-state index in [0.29, 0.717) is 5.69 Å². The molecule has 0 saturated heterocycles. The number of aromatic nitrogens is 1. The number of nitrogens with one attached hydrogen (secondary N) is 3. The number of hydrogen-bond acceptors (Lipinski definition) is 2. The van der Waals surface area contributed by atoms with E-state index in [-0.39, 0.29) is 5.82 Å². The van der Waals surface area contributed by atoms with E-state index < -0.39 is 23.2 Å². The summed E-state index contributed by atoms with van der Waals surface area (Å²) in [6, 6.07) is 6.23. The van der Waals surface area contributed by atoms with Crippen LogP contribution in [0.25, 0.3) is 0 Å². The number of carbonyl (C=O) groups is 1. The largest absolute Gasteiger partial charge is 0.417 e. The molecule has 0 saturated carbocycles. The van der Waals surface area contributed by atoms with Gasteiger partial charge in [-0.1, -0.05) is 18.2 Å². The predicted molar refractivity (Wildman–Crippen MR) is 81.4 cm³/mol. The highest BCUT2D eigenvalue weighted by atomic mass is 19.4. The highest BCUT2D eigenvalue weighted by Gasteiger charge is 2.38. The van der Waals surface area contributed by atoms with Crippen LogP contribution < -0.4 is 15.6 Å². The molecule has 23 heavy (non-hydrogen) atoms. The molecule has 2 aromatic rings. The lowest BCUT2D eigenvalue weighted by atomic mass is 10.1. The van der Waals surface area contributed by atoms with E-state index in [4.69, 9.17) is 0 Å². The maximum absolute atomic E-state index is 13.2. The van der Waals surface area contributed by atoms with Crippen molar-refractivity contribution in [2.24, 2.45) is 0 Å². The molecule has 0 atom stereocenters. The van der Waals surface area contributed by atoms with E-state index >= 15 is 0 Å². The van der Waals surface area contributed by atoms with Gasteiger partial charge in [0, 0.05) is 5.69 Å². The van der Waals surface area contributed by atoms with E-state index in [2.05, 4.69) is 15.6 Å². The van der Waals surface area contributed by atoms with Crippen LogP contribution in [-0.4, -0.2) is 13.0 Å². The molecule has 1 aromatic carbocycles. The highest BCUT2D eigenvalue weighted by Crippen LogP contribution is 2.34. The van der Waals surface area contributed by atoms with Gasteiger partial charge in [0.15, 0.2) is 0 Å². The number of amides is 1. The summed E-state index contributed by atoms with van der Waals surface area (Å²) in [7, 11) is 1.45. The van der Waals surface area contributed by atoms with Crippen LogP contribution in [0.1, 0.15) is 27.0 Å². The van der Waals surface area contributed by atoms with Crippen molar-refractivity contribution in [1.82, 2.24) is 0 Å². The van der Waals surface area contributed by atoms with Gasteiger partial charge in [0.05, 0.1) is 18.8 Å². The van der Waals surface area contributed by atoms with Crippen LogP contribution in [0.4, 0.5) is 24.7 Å². The second-order valence-corrected chi connectivity index (χ2v) is 5.11. The number of aryl methyl sites for hydroxylation is 2. The third-order valence-electron chi connectivity index (χ3n) is 3.50. The van der Waals surface area contributed by atoms with Crippen LogP contribution in [0.2, 0.25) is 0 Å². The normalized spacial score (nSPS) is 11.2. The minimum absolute atomic E-state index is 0.00330. The summed E-state index contributed by atoms with van der Waals surface area (Å²) >= 11 is 0. The third kappa shape index (κ3) is 3.44. The molecule has 122 valence electrons. The van der Waals surface area contributed by atoms with Crippen molar-refractivity contribution in [3.05, 3.63) is 52.7 Å². The number of H-pyrrole nitrogens is 1. The number of rotatable bonds is 3. The average Bonchev–Trinajstić information content (AvgIpc) is 2.49. The average molecular weight is 324 g/mol. The fraction of sp³-hybridized carbons (Fsp3) is 0.250. The Kier molecular flexibility index (Phi) is 4.58.